The van der Waals surface area contributed by atoms with Crippen LogP contribution in [-0.4, -0.2) is 177 Å². The number of hydrogen-bond acceptors (Lipinski definition) is 16. The molecule has 0 radical (unpaired) electrons. The van der Waals surface area contributed by atoms with Crippen molar-refractivity contribution in [3.8, 4) is 0 Å². The van der Waals surface area contributed by atoms with E-state index in [9.17, 15) is 71.9 Å². The zero-order valence-corrected chi connectivity index (χ0v) is 52.9. The van der Waals surface area contributed by atoms with E-state index in [2.05, 4.69) is 53.2 Å². The van der Waals surface area contributed by atoms with E-state index in [4.69, 9.17) is 16.0 Å². The maximum Gasteiger partial charge on any atom is 0.469 e. The molecule has 488 valence electrons. The van der Waals surface area contributed by atoms with Crippen LogP contribution in [0, 0.1) is 0 Å². The summed E-state index contributed by atoms with van der Waals surface area (Å²) in [5, 5.41) is 30.0. The van der Waals surface area contributed by atoms with Crippen molar-refractivity contribution in [2.24, 2.45) is 11.5 Å². The number of primary amides is 2. The zero-order chi connectivity index (χ0) is 65.7. The molecule has 2 aliphatic heterocycles. The third-order valence-electron chi connectivity index (χ3n) is 15.0. The molecule has 16 N–H and O–H groups in total. The van der Waals surface area contributed by atoms with Crippen LogP contribution in [0.2, 0.25) is 0 Å². The second kappa shape index (κ2) is 34.3. The maximum absolute atomic E-state index is 14.5. The number of nitrogens with two attached hydrogens (primary N) is 2. The first-order chi connectivity index (χ1) is 42.0. The summed E-state index contributed by atoms with van der Waals surface area (Å²) in [5.74, 6) is -8.02. The van der Waals surface area contributed by atoms with Crippen molar-refractivity contribution in [3.63, 3.8) is 0 Å². The summed E-state index contributed by atoms with van der Waals surface area (Å²) >= 11 is 3.01. The van der Waals surface area contributed by atoms with Crippen molar-refractivity contribution in [1.29, 1.82) is 0 Å². The molecule has 2 fully saturated rings. The fraction of sp³-hybridized carbons (Fsp3) is 0.544. The van der Waals surface area contributed by atoms with Crippen molar-refractivity contribution < 1.29 is 76.4 Å². The number of carbonyl (C=O) groups is 12. The van der Waals surface area contributed by atoms with Gasteiger partial charge in [0, 0.05) is 62.1 Å². The molecule has 3 heterocycles. The van der Waals surface area contributed by atoms with E-state index < -0.39 is 121 Å². The molecule has 32 heteroatoms. The Hall–Kier alpha value is -7.70. The van der Waals surface area contributed by atoms with Gasteiger partial charge in [-0.1, -0.05) is 55.0 Å². The molecule has 5 rings (SSSR count). The molecule has 1 aromatic heterocycles. The van der Waals surface area contributed by atoms with E-state index in [-0.39, 0.29) is 56.1 Å². The second-order valence-electron chi connectivity index (χ2n) is 22.1. The molecule has 0 unspecified atom stereocenters. The largest absolute Gasteiger partial charge is 0.469 e. The number of rotatable bonds is 36. The van der Waals surface area contributed by atoms with Gasteiger partial charge in [-0.2, -0.15) is 11.8 Å². The topological polar surface area (TPSA) is 447 Å². The van der Waals surface area contributed by atoms with Crippen LogP contribution in [0.3, 0.4) is 0 Å². The average molecular weight is 1300 g/mol. The lowest BCUT2D eigenvalue weighted by molar-refractivity contribution is -0.144. The summed E-state index contributed by atoms with van der Waals surface area (Å²) in [5.41, 5.74) is 11.4. The molecule has 2 aromatic carbocycles. The number of hydrogen-bond donors (Lipinski definition) is 14. The van der Waals surface area contributed by atoms with Gasteiger partial charge in [-0.25, -0.2) is 9.36 Å². The van der Waals surface area contributed by atoms with Gasteiger partial charge in [-0.3, -0.25) is 57.3 Å². The summed E-state index contributed by atoms with van der Waals surface area (Å²) in [7, 11) is -4.25. The Labute approximate surface area is 523 Å². The predicted molar refractivity (Wildman–Crippen MR) is 329 cm³/mol. The van der Waals surface area contributed by atoms with Crippen molar-refractivity contribution in [2.45, 2.75) is 177 Å². The van der Waals surface area contributed by atoms with Gasteiger partial charge in [0.2, 0.25) is 65.0 Å². The Kier molecular flexibility index (Phi) is 27.8. The number of urea groups is 1. The standard InChI is InChI=1S/C57H82N13O16PS2/c1-30(62-53(78)40(63-34(5)71)17-11-12-24-60-46(73)19-10-9-18-44-48-43(29-89-44)67-57(82)69-48)50(75)61-31(2)51(76)65-42(28-38-16-13-25-88-38)55(80)68-47(33(4)86-87(83,84)85)56(81)70(6)32(3)52(77)66-41(54(79)64-39(49(59)74)22-23-45(58)72)27-35-20-21-36-14-7-8-15-37(36)26-35/h7-8,13-16,20-21,25-26,30-33,39-44,47-48H,9-12,17-19,22-24,27-29H2,1-6H3,(H2,58,72)(H2,59,74)(H,60,73)(H,61,75)(H,62,78)(H,63,71)(H,64,79)(H,65,76)(H,66,77)(H,68,80)(H2,67,69,82)(H2,83,84,85)/t30-,31-,32-,33+,39-,40-,41-,42-,43-,44-,47-,48-/m0/s1. The lowest BCUT2D eigenvalue weighted by Gasteiger charge is -2.33. The highest BCUT2D eigenvalue weighted by Gasteiger charge is 2.43. The van der Waals surface area contributed by atoms with Crippen LogP contribution in [0.1, 0.15) is 103 Å². The second-order valence-corrected chi connectivity index (χ2v) is 25.6. The van der Waals surface area contributed by atoms with Crippen LogP contribution < -0.4 is 64.6 Å². The summed E-state index contributed by atoms with van der Waals surface area (Å²) in [4.78, 5) is 179. The number of phosphoric acid groups is 1. The fourth-order valence-corrected chi connectivity index (χ4v) is 12.8. The molecular formula is C57H82N13O16PS2. The zero-order valence-electron chi connectivity index (χ0n) is 50.4. The van der Waals surface area contributed by atoms with Gasteiger partial charge in [-0.15, -0.1) is 11.3 Å². The smallest absolute Gasteiger partial charge is 0.370 e. The predicted octanol–water partition coefficient (Wildman–Crippen LogP) is -0.752. The molecular weight excluding hydrogens is 1220 g/mol. The number of carbonyl (C=O) groups excluding carboxylic acids is 12. The highest BCUT2D eigenvalue weighted by molar-refractivity contribution is 8.00. The lowest BCUT2D eigenvalue weighted by atomic mass is 10.00. The number of thioether (sulfide) groups is 1. The average Bonchev–Trinajstić information content (AvgIpc) is 3.90. The Bertz CT molecular complexity index is 3080. The summed E-state index contributed by atoms with van der Waals surface area (Å²) in [6, 6.07) is 4.49. The Morgan fingerprint density at radius 3 is 1.98 bits per heavy atom. The highest BCUT2D eigenvalue weighted by Crippen LogP contribution is 2.38. The van der Waals surface area contributed by atoms with Crippen molar-refractivity contribution in [3.05, 3.63) is 70.4 Å². The minimum atomic E-state index is -5.39. The van der Waals surface area contributed by atoms with E-state index in [1.165, 1.54) is 39.0 Å². The molecule has 0 aliphatic carbocycles. The van der Waals surface area contributed by atoms with Crippen LogP contribution in [0.5, 0.6) is 0 Å². The van der Waals surface area contributed by atoms with Crippen molar-refractivity contribution >= 4 is 113 Å². The monoisotopic (exact) mass is 1300 g/mol. The number of phosphoric ester groups is 1. The van der Waals surface area contributed by atoms with Gasteiger partial charge in [0.25, 0.3) is 0 Å². The minimum Gasteiger partial charge on any atom is -0.370 e. The van der Waals surface area contributed by atoms with E-state index >= 15 is 0 Å². The number of fused-ring (bicyclic) bond motifs is 2. The number of nitrogens with zero attached hydrogens (tertiary/aromatic N) is 1. The number of benzene rings is 2. The third-order valence-corrected chi connectivity index (χ3v) is 18.0. The van der Waals surface area contributed by atoms with Crippen molar-refractivity contribution in [1.82, 2.24) is 58.1 Å². The SMILES string of the molecule is CC(=O)N[C@@H](CCCCNC(=O)CCCC[C@@H]1SC[C@@H]2NC(=O)N[C@@H]21)C(=O)N[C@@H](C)C(=O)N[C@@H](C)C(=O)N[C@@H](Cc1cccs1)C(=O)N[C@H](C(=O)N(C)[C@@H](C)C(=O)N[C@@H](Cc1ccc2ccccc2c1)C(=O)N[C@@H](CCC(N)=O)C(N)=O)[C@@H](C)OP(=O)(O)O. The molecule has 2 aliphatic rings. The lowest BCUT2D eigenvalue weighted by Crippen LogP contribution is -2.62. The molecule has 89 heavy (non-hydrogen) atoms. The maximum atomic E-state index is 14.5. The van der Waals surface area contributed by atoms with E-state index in [1.54, 1.807) is 41.8 Å². The summed E-state index contributed by atoms with van der Waals surface area (Å²) in [6.07, 6.45) is 1.04. The minimum absolute atomic E-state index is 0.0986. The van der Waals surface area contributed by atoms with Gasteiger partial charge in [-0.05, 0) is 94.0 Å². The first-order valence-electron chi connectivity index (χ1n) is 29.1. The first kappa shape index (κ1) is 72.0. The van der Waals surface area contributed by atoms with Gasteiger partial charge in [0.1, 0.15) is 48.3 Å². The van der Waals surface area contributed by atoms with Gasteiger partial charge in [0.15, 0.2) is 0 Å². The van der Waals surface area contributed by atoms with Crippen molar-refractivity contribution in [2.75, 3.05) is 19.3 Å². The first-order valence-corrected chi connectivity index (χ1v) is 32.6. The van der Waals surface area contributed by atoms with E-state index in [1.807, 2.05) is 30.0 Å². The number of amides is 13. The normalized spacial score (nSPS) is 18.2. The molecule has 0 spiro atoms. The number of nitrogens with one attached hydrogen (secondary N) is 10. The molecule has 13 amide bonds. The summed E-state index contributed by atoms with van der Waals surface area (Å²) < 4.78 is 17.1. The fourth-order valence-electron chi connectivity index (χ4n) is 9.94. The Balaban J connectivity index is 1.19. The van der Waals surface area contributed by atoms with Crippen LogP contribution >= 0.6 is 30.9 Å². The van der Waals surface area contributed by atoms with E-state index in [0.29, 0.717) is 47.9 Å². The summed E-state index contributed by atoms with van der Waals surface area (Å²) in [6.45, 7) is 6.51. The number of thiophene rings is 1. The van der Waals surface area contributed by atoms with Crippen LogP contribution in [0.25, 0.3) is 10.8 Å². The third kappa shape index (κ3) is 23.3. The van der Waals surface area contributed by atoms with Crippen LogP contribution in [0.15, 0.2) is 60.0 Å². The Morgan fingerprint density at radius 1 is 0.697 bits per heavy atom. The molecule has 29 nitrogen and oxygen atoms in total. The van der Waals surface area contributed by atoms with Gasteiger partial charge in [0.05, 0.1) is 18.2 Å². The highest BCUT2D eigenvalue weighted by atomic mass is 32.2. The molecule has 0 bridgehead atoms. The quantitative estimate of drug-likeness (QED) is 0.0193. The van der Waals surface area contributed by atoms with Crippen LogP contribution in [-0.2, 0) is 74.7 Å². The van der Waals surface area contributed by atoms with E-state index in [0.717, 1.165) is 48.2 Å². The molecule has 12 atom stereocenters. The Morgan fingerprint density at radius 2 is 1.33 bits per heavy atom. The molecule has 0 saturated carbocycles. The molecule has 2 saturated heterocycles. The molecule has 3 aromatic rings. The number of likely N-dealkylation sites (N-methyl/N-ethyl adjacent to an activating group) is 1. The van der Waals surface area contributed by atoms with Gasteiger partial charge >= 0.3 is 13.9 Å². The van der Waals surface area contributed by atoms with Gasteiger partial charge < -0.3 is 79.3 Å². The number of unbranched alkanes of at least 4 members (excludes halogenated alkanes) is 2. The van der Waals surface area contributed by atoms with Crippen LogP contribution in [0.4, 0.5) is 4.79 Å².